The van der Waals surface area contributed by atoms with E-state index in [1.807, 2.05) is 6.26 Å². The van der Waals surface area contributed by atoms with Crippen molar-refractivity contribution in [2.75, 3.05) is 19.3 Å². The van der Waals surface area contributed by atoms with Crippen LogP contribution in [0.4, 0.5) is 0 Å². The maximum Gasteiger partial charge on any atom is 0.216 e. The van der Waals surface area contributed by atoms with E-state index in [1.165, 1.54) is 18.7 Å². The van der Waals surface area contributed by atoms with Gasteiger partial charge in [-0.15, -0.1) is 11.8 Å². The summed E-state index contributed by atoms with van der Waals surface area (Å²) >= 11 is 6.44. The van der Waals surface area contributed by atoms with Crippen LogP contribution in [-0.2, 0) is 4.79 Å². The first-order chi connectivity index (χ1) is 5.66. The van der Waals surface area contributed by atoms with E-state index in [0.29, 0.717) is 6.54 Å². The minimum absolute atomic E-state index is 0.0162. The molecule has 5 heteroatoms. The van der Waals surface area contributed by atoms with Gasteiger partial charge in [-0.2, -0.15) is 0 Å². The van der Waals surface area contributed by atoms with Crippen LogP contribution in [0.1, 0.15) is 13.3 Å². The van der Waals surface area contributed by atoms with E-state index in [4.69, 9.17) is 12.2 Å². The van der Waals surface area contributed by atoms with E-state index in [1.54, 1.807) is 0 Å². The number of thioether (sulfide) groups is 1. The molecular formula is C7H14N2OS2. The van der Waals surface area contributed by atoms with Gasteiger partial charge in [0.1, 0.15) is 4.32 Å². The molecule has 0 saturated heterocycles. The Hall–Kier alpha value is -0.290. The Morgan fingerprint density at radius 1 is 1.42 bits per heavy atom. The van der Waals surface area contributed by atoms with E-state index in [9.17, 15) is 4.79 Å². The zero-order chi connectivity index (χ0) is 9.40. The SMILES string of the molecule is CSC(=S)NCCCNC(C)=O. The Kier molecular flexibility index (Phi) is 7.19. The van der Waals surface area contributed by atoms with E-state index in [-0.39, 0.29) is 5.91 Å². The standard InChI is InChI=1S/C7H14N2OS2/c1-6(10)8-4-3-5-9-7(11)12-2/h3-5H2,1-2H3,(H,8,10)(H,9,11). The van der Waals surface area contributed by atoms with Gasteiger partial charge in [-0.25, -0.2) is 0 Å². The number of carbonyl (C=O) groups is 1. The summed E-state index contributed by atoms with van der Waals surface area (Å²) in [7, 11) is 0. The third-order valence-corrected chi connectivity index (χ3v) is 2.34. The maximum atomic E-state index is 10.4. The monoisotopic (exact) mass is 206 g/mol. The van der Waals surface area contributed by atoms with Crippen molar-refractivity contribution in [1.82, 2.24) is 10.6 Å². The second-order valence-corrected chi connectivity index (χ2v) is 3.74. The van der Waals surface area contributed by atoms with Crippen molar-refractivity contribution in [1.29, 1.82) is 0 Å². The molecule has 0 rings (SSSR count). The van der Waals surface area contributed by atoms with Gasteiger partial charge in [0.05, 0.1) is 0 Å². The molecule has 0 aromatic carbocycles. The van der Waals surface area contributed by atoms with E-state index in [0.717, 1.165) is 17.3 Å². The van der Waals surface area contributed by atoms with Gasteiger partial charge in [-0.3, -0.25) is 4.79 Å². The molecule has 0 aliphatic heterocycles. The minimum atomic E-state index is 0.0162. The first-order valence-corrected chi connectivity index (χ1v) is 5.36. The van der Waals surface area contributed by atoms with Crippen LogP contribution in [0.5, 0.6) is 0 Å². The molecule has 0 aromatic heterocycles. The zero-order valence-corrected chi connectivity index (χ0v) is 8.98. The van der Waals surface area contributed by atoms with Crippen LogP contribution in [0.2, 0.25) is 0 Å². The highest BCUT2D eigenvalue weighted by atomic mass is 32.2. The van der Waals surface area contributed by atoms with Gasteiger partial charge in [0.25, 0.3) is 0 Å². The molecule has 1 amide bonds. The molecule has 0 aliphatic carbocycles. The maximum absolute atomic E-state index is 10.4. The van der Waals surface area contributed by atoms with Crippen LogP contribution >= 0.6 is 24.0 Å². The van der Waals surface area contributed by atoms with Crippen LogP contribution < -0.4 is 10.6 Å². The lowest BCUT2D eigenvalue weighted by Crippen LogP contribution is -2.26. The Morgan fingerprint density at radius 3 is 2.50 bits per heavy atom. The van der Waals surface area contributed by atoms with Crippen LogP contribution in [-0.4, -0.2) is 29.6 Å². The topological polar surface area (TPSA) is 41.1 Å². The molecule has 0 bridgehead atoms. The molecule has 0 aliphatic rings. The normalized spacial score (nSPS) is 9.17. The van der Waals surface area contributed by atoms with Crippen molar-refractivity contribution in [2.24, 2.45) is 0 Å². The number of thiocarbonyl (C=S) groups is 1. The van der Waals surface area contributed by atoms with Gasteiger partial charge in [0, 0.05) is 20.0 Å². The quantitative estimate of drug-likeness (QED) is 0.526. The predicted octanol–water partition coefficient (Wildman–Crippen LogP) is 0.750. The van der Waals surface area contributed by atoms with Gasteiger partial charge >= 0.3 is 0 Å². The number of hydrogen-bond acceptors (Lipinski definition) is 3. The van der Waals surface area contributed by atoms with Gasteiger partial charge in [-0.1, -0.05) is 12.2 Å². The minimum Gasteiger partial charge on any atom is -0.371 e. The summed E-state index contributed by atoms with van der Waals surface area (Å²) in [6.45, 7) is 3.04. The zero-order valence-electron chi connectivity index (χ0n) is 7.35. The van der Waals surface area contributed by atoms with Crippen LogP contribution in [0, 0.1) is 0 Å². The predicted molar refractivity (Wildman–Crippen MR) is 57.4 cm³/mol. The largest absolute Gasteiger partial charge is 0.371 e. The Bertz CT molecular complexity index is 161. The Morgan fingerprint density at radius 2 is 2.00 bits per heavy atom. The molecule has 0 saturated carbocycles. The second kappa shape index (κ2) is 7.36. The fourth-order valence-electron chi connectivity index (χ4n) is 0.615. The molecule has 0 heterocycles. The van der Waals surface area contributed by atoms with Crippen molar-refractivity contribution in [2.45, 2.75) is 13.3 Å². The number of rotatable bonds is 4. The van der Waals surface area contributed by atoms with Crippen molar-refractivity contribution in [3.63, 3.8) is 0 Å². The molecule has 0 radical (unpaired) electrons. The van der Waals surface area contributed by atoms with E-state index in [2.05, 4.69) is 10.6 Å². The van der Waals surface area contributed by atoms with E-state index < -0.39 is 0 Å². The van der Waals surface area contributed by atoms with Crippen molar-refractivity contribution >= 4 is 34.2 Å². The lowest BCUT2D eigenvalue weighted by molar-refractivity contribution is -0.118. The fourth-order valence-corrected chi connectivity index (χ4v) is 0.964. The molecule has 70 valence electrons. The molecule has 0 fully saturated rings. The molecule has 3 nitrogen and oxygen atoms in total. The highest BCUT2D eigenvalue weighted by Crippen LogP contribution is 1.92. The molecule has 0 unspecified atom stereocenters. The molecule has 0 atom stereocenters. The smallest absolute Gasteiger partial charge is 0.216 e. The average molecular weight is 206 g/mol. The highest BCUT2D eigenvalue weighted by molar-refractivity contribution is 8.22. The lowest BCUT2D eigenvalue weighted by Gasteiger charge is -2.04. The molecule has 12 heavy (non-hydrogen) atoms. The van der Waals surface area contributed by atoms with Crippen LogP contribution in [0.15, 0.2) is 0 Å². The third-order valence-electron chi connectivity index (χ3n) is 1.18. The van der Waals surface area contributed by atoms with Crippen LogP contribution in [0.25, 0.3) is 0 Å². The van der Waals surface area contributed by atoms with Crippen molar-refractivity contribution in [3.05, 3.63) is 0 Å². The first-order valence-electron chi connectivity index (χ1n) is 3.73. The van der Waals surface area contributed by atoms with Gasteiger partial charge < -0.3 is 10.6 Å². The average Bonchev–Trinajstić information content (AvgIpc) is 2.03. The Balaban J connectivity index is 3.11. The number of amides is 1. The molecule has 2 N–H and O–H groups in total. The summed E-state index contributed by atoms with van der Waals surface area (Å²) in [6.07, 6.45) is 2.84. The highest BCUT2D eigenvalue weighted by Gasteiger charge is 1.92. The van der Waals surface area contributed by atoms with Crippen LogP contribution in [0.3, 0.4) is 0 Å². The Labute approximate surface area is 82.7 Å². The molecular weight excluding hydrogens is 192 g/mol. The van der Waals surface area contributed by atoms with Crippen molar-refractivity contribution in [3.8, 4) is 0 Å². The number of carbonyl (C=O) groups excluding carboxylic acids is 1. The number of hydrogen-bond donors (Lipinski definition) is 2. The summed E-state index contributed by atoms with van der Waals surface area (Å²) in [4.78, 5) is 10.4. The first kappa shape index (κ1) is 11.7. The summed E-state index contributed by atoms with van der Waals surface area (Å²) in [5.41, 5.74) is 0. The van der Waals surface area contributed by atoms with Crippen molar-refractivity contribution < 1.29 is 4.79 Å². The van der Waals surface area contributed by atoms with Gasteiger partial charge in [0.15, 0.2) is 0 Å². The number of nitrogens with one attached hydrogen (secondary N) is 2. The summed E-state index contributed by atoms with van der Waals surface area (Å²) in [6, 6.07) is 0. The third kappa shape index (κ3) is 7.81. The fraction of sp³-hybridized carbons (Fsp3) is 0.714. The summed E-state index contributed by atoms with van der Waals surface area (Å²) < 4.78 is 0.804. The summed E-state index contributed by atoms with van der Waals surface area (Å²) in [5, 5.41) is 5.76. The van der Waals surface area contributed by atoms with E-state index >= 15 is 0 Å². The molecule has 0 aromatic rings. The summed E-state index contributed by atoms with van der Waals surface area (Å²) in [5.74, 6) is 0.0162. The lowest BCUT2D eigenvalue weighted by atomic mass is 10.4. The molecule has 0 spiro atoms. The second-order valence-electron chi connectivity index (χ2n) is 2.25. The van der Waals surface area contributed by atoms with Gasteiger partial charge in [-0.05, 0) is 12.7 Å². The van der Waals surface area contributed by atoms with Gasteiger partial charge in [0.2, 0.25) is 5.91 Å².